The normalized spacial score (nSPS) is 13.9. The van der Waals surface area contributed by atoms with Crippen LogP contribution in [-0.4, -0.2) is 22.8 Å². The minimum Gasteiger partial charge on any atom is -0.329 e. The highest BCUT2D eigenvalue weighted by Crippen LogP contribution is 2.24. The van der Waals surface area contributed by atoms with E-state index in [1.54, 1.807) is 0 Å². The van der Waals surface area contributed by atoms with Gasteiger partial charge in [0, 0.05) is 12.1 Å². The molecule has 0 radical (unpaired) electrons. The van der Waals surface area contributed by atoms with Crippen molar-refractivity contribution in [2.24, 2.45) is 0 Å². The molecule has 25 heavy (non-hydrogen) atoms. The number of carbonyl (C=O) groups excluding carboxylic acids is 1. The number of H-pyrrole nitrogens is 1. The minimum absolute atomic E-state index is 0.265. The van der Waals surface area contributed by atoms with E-state index in [9.17, 15) is 4.79 Å². The third kappa shape index (κ3) is 3.74. The highest BCUT2D eigenvalue weighted by Gasteiger charge is 2.25. The molecular formula is C19H25N5O. The van der Waals surface area contributed by atoms with Crippen LogP contribution in [0.3, 0.4) is 0 Å². The van der Waals surface area contributed by atoms with Crippen molar-refractivity contribution in [3.05, 3.63) is 53.2 Å². The van der Waals surface area contributed by atoms with Gasteiger partial charge in [0.05, 0.1) is 11.2 Å². The number of amides is 2. The van der Waals surface area contributed by atoms with Crippen molar-refractivity contribution >= 4 is 17.4 Å². The number of allylic oxidation sites excluding steroid dienone is 1. The number of hydrogen-bond acceptors (Lipinski definition) is 3. The van der Waals surface area contributed by atoms with Gasteiger partial charge in [-0.05, 0) is 50.9 Å². The van der Waals surface area contributed by atoms with Gasteiger partial charge in [-0.3, -0.25) is 10.4 Å². The van der Waals surface area contributed by atoms with Crippen LogP contribution >= 0.6 is 0 Å². The van der Waals surface area contributed by atoms with E-state index in [-0.39, 0.29) is 6.03 Å². The average molecular weight is 339 g/mol. The van der Waals surface area contributed by atoms with Gasteiger partial charge in [-0.25, -0.2) is 4.79 Å². The molecule has 0 saturated carbocycles. The molecule has 6 heteroatoms. The summed E-state index contributed by atoms with van der Waals surface area (Å²) in [7, 11) is 0. The van der Waals surface area contributed by atoms with Gasteiger partial charge >= 0.3 is 6.03 Å². The molecule has 1 aliphatic rings. The summed E-state index contributed by atoms with van der Waals surface area (Å²) in [6.07, 6.45) is 0.853. The minimum atomic E-state index is -0.520. The Kier molecular flexibility index (Phi) is 4.63. The van der Waals surface area contributed by atoms with E-state index in [0.29, 0.717) is 5.82 Å². The third-order valence-corrected chi connectivity index (χ3v) is 4.54. The van der Waals surface area contributed by atoms with Crippen LogP contribution in [-0.2, 0) is 18.5 Å². The van der Waals surface area contributed by atoms with Crippen LogP contribution in [0.25, 0.3) is 5.57 Å². The van der Waals surface area contributed by atoms with Crippen LogP contribution in [0.1, 0.15) is 43.2 Å². The van der Waals surface area contributed by atoms with Crippen molar-refractivity contribution < 1.29 is 4.79 Å². The van der Waals surface area contributed by atoms with Crippen LogP contribution < -0.4 is 16.0 Å². The maximum Gasteiger partial charge on any atom is 0.321 e. The first kappa shape index (κ1) is 17.2. The zero-order chi connectivity index (χ0) is 18.0. The number of carbonyl (C=O) groups is 1. The molecule has 0 unspecified atom stereocenters. The van der Waals surface area contributed by atoms with E-state index in [1.807, 2.05) is 39.0 Å². The number of urea groups is 1. The van der Waals surface area contributed by atoms with Crippen LogP contribution in [0.15, 0.2) is 30.8 Å². The second-order valence-electron chi connectivity index (χ2n) is 7.02. The predicted molar refractivity (Wildman–Crippen MR) is 100 cm³/mol. The number of aromatic nitrogens is 2. The van der Waals surface area contributed by atoms with Crippen molar-refractivity contribution in [1.82, 2.24) is 20.8 Å². The lowest BCUT2D eigenvalue weighted by Gasteiger charge is -2.27. The molecule has 0 spiro atoms. The molecule has 2 amide bonds. The molecule has 0 fully saturated rings. The molecule has 0 aliphatic carbocycles. The largest absolute Gasteiger partial charge is 0.329 e. The monoisotopic (exact) mass is 339 g/mol. The molecule has 132 valence electrons. The number of aromatic amines is 1. The average Bonchev–Trinajstić information content (AvgIpc) is 2.97. The van der Waals surface area contributed by atoms with E-state index in [4.69, 9.17) is 0 Å². The van der Waals surface area contributed by atoms with Gasteiger partial charge in [-0.15, -0.1) is 0 Å². The van der Waals surface area contributed by atoms with E-state index in [2.05, 4.69) is 38.8 Å². The summed E-state index contributed by atoms with van der Waals surface area (Å²) in [4.78, 5) is 12.5. The fourth-order valence-corrected chi connectivity index (χ4v) is 3.02. The van der Waals surface area contributed by atoms with Gasteiger partial charge in [-0.2, -0.15) is 5.10 Å². The number of benzene rings is 1. The van der Waals surface area contributed by atoms with E-state index < -0.39 is 5.54 Å². The second-order valence-corrected chi connectivity index (χ2v) is 7.02. The molecule has 4 N–H and O–H groups in total. The van der Waals surface area contributed by atoms with Gasteiger partial charge in [-0.1, -0.05) is 30.4 Å². The Morgan fingerprint density at radius 3 is 2.92 bits per heavy atom. The molecular weight excluding hydrogens is 314 g/mol. The molecule has 2 aromatic rings. The number of hydrogen-bond donors (Lipinski definition) is 4. The smallest absolute Gasteiger partial charge is 0.321 e. The topological polar surface area (TPSA) is 81.8 Å². The van der Waals surface area contributed by atoms with Crippen molar-refractivity contribution in [2.45, 2.75) is 39.3 Å². The zero-order valence-electron chi connectivity index (χ0n) is 15.0. The highest BCUT2D eigenvalue weighted by atomic mass is 16.2. The maximum absolute atomic E-state index is 12.5. The highest BCUT2D eigenvalue weighted by molar-refractivity contribution is 5.89. The van der Waals surface area contributed by atoms with E-state index in [0.717, 1.165) is 47.5 Å². The summed E-state index contributed by atoms with van der Waals surface area (Å²) in [6, 6.07) is 7.81. The summed E-state index contributed by atoms with van der Waals surface area (Å²) < 4.78 is 0. The number of anilines is 1. The lowest BCUT2D eigenvalue weighted by atomic mass is 9.92. The Morgan fingerprint density at radius 1 is 1.36 bits per heavy atom. The van der Waals surface area contributed by atoms with Gasteiger partial charge in [0.15, 0.2) is 5.82 Å². The van der Waals surface area contributed by atoms with Crippen molar-refractivity contribution in [3.8, 4) is 0 Å². The molecule has 0 atom stereocenters. The van der Waals surface area contributed by atoms with Gasteiger partial charge in [0.1, 0.15) is 0 Å². The molecule has 6 nitrogen and oxygen atoms in total. The fourth-order valence-electron chi connectivity index (χ4n) is 3.02. The first-order valence-electron chi connectivity index (χ1n) is 8.49. The van der Waals surface area contributed by atoms with Crippen LogP contribution in [0.2, 0.25) is 0 Å². The Morgan fingerprint density at radius 2 is 2.16 bits per heavy atom. The van der Waals surface area contributed by atoms with Crippen LogP contribution in [0, 0.1) is 0 Å². The summed E-state index contributed by atoms with van der Waals surface area (Å²) in [5.41, 5.74) is 4.69. The second kappa shape index (κ2) is 6.72. The first-order chi connectivity index (χ1) is 11.9. The van der Waals surface area contributed by atoms with Crippen molar-refractivity contribution in [2.75, 3.05) is 11.9 Å². The number of nitrogens with one attached hydrogen (secondary N) is 4. The number of rotatable bonds is 4. The predicted octanol–water partition coefficient (Wildman–Crippen LogP) is 3.15. The van der Waals surface area contributed by atoms with Crippen LogP contribution in [0.4, 0.5) is 10.6 Å². The van der Waals surface area contributed by atoms with Crippen LogP contribution in [0.5, 0.6) is 0 Å². The summed E-state index contributed by atoms with van der Waals surface area (Å²) >= 11 is 0. The van der Waals surface area contributed by atoms with Gasteiger partial charge < -0.3 is 10.6 Å². The van der Waals surface area contributed by atoms with E-state index >= 15 is 0 Å². The fraction of sp³-hybridized carbons (Fsp3) is 0.368. The quantitative estimate of drug-likeness (QED) is 0.691. The van der Waals surface area contributed by atoms with Crippen molar-refractivity contribution in [3.63, 3.8) is 0 Å². The molecule has 3 rings (SSSR count). The third-order valence-electron chi connectivity index (χ3n) is 4.54. The SMILES string of the molecule is C=C(C)c1cccc(C(C)(C)NC(=O)Nc2n[nH]c3c2CCNC3)c1. The molecule has 1 aromatic carbocycles. The molecule has 1 aromatic heterocycles. The lowest BCUT2D eigenvalue weighted by Crippen LogP contribution is -2.43. The lowest BCUT2D eigenvalue weighted by molar-refractivity contribution is 0.241. The Balaban J connectivity index is 1.72. The Hall–Kier alpha value is -2.60. The molecule has 1 aliphatic heterocycles. The summed E-state index contributed by atoms with van der Waals surface area (Å²) in [6.45, 7) is 11.6. The standard InChI is InChI=1S/C19H25N5O/c1-12(2)13-6-5-7-14(10-13)19(3,4)22-18(25)21-17-15-8-9-20-11-16(15)23-24-17/h5-7,10,20H,1,8-9,11H2,2-4H3,(H3,21,22,23,24,25). The van der Waals surface area contributed by atoms with Gasteiger partial charge in [0.2, 0.25) is 0 Å². The summed E-state index contributed by atoms with van der Waals surface area (Å²) in [5, 5.41) is 16.4. The summed E-state index contributed by atoms with van der Waals surface area (Å²) in [5.74, 6) is 0.612. The maximum atomic E-state index is 12.5. The first-order valence-corrected chi connectivity index (χ1v) is 8.49. The molecule has 0 saturated heterocycles. The zero-order valence-corrected chi connectivity index (χ0v) is 15.0. The Labute approximate surface area is 148 Å². The number of nitrogens with zero attached hydrogens (tertiary/aromatic N) is 1. The molecule has 0 bridgehead atoms. The molecule has 2 heterocycles. The van der Waals surface area contributed by atoms with E-state index in [1.165, 1.54) is 0 Å². The Bertz CT molecular complexity index is 806. The van der Waals surface area contributed by atoms with Crippen molar-refractivity contribution in [1.29, 1.82) is 0 Å². The number of fused-ring (bicyclic) bond motifs is 1. The van der Waals surface area contributed by atoms with Gasteiger partial charge in [0.25, 0.3) is 0 Å².